The second-order valence-corrected chi connectivity index (χ2v) is 3.74. The predicted molar refractivity (Wildman–Crippen MR) is 55.8 cm³/mol. The van der Waals surface area contributed by atoms with E-state index in [0.717, 1.165) is 12.2 Å². The highest BCUT2D eigenvalue weighted by Crippen LogP contribution is 2.15. The molecular formula is C10H19N3O. The second-order valence-electron chi connectivity index (χ2n) is 3.74. The van der Waals surface area contributed by atoms with Gasteiger partial charge in [-0.3, -0.25) is 0 Å². The lowest BCUT2D eigenvalue weighted by Gasteiger charge is -2.24. The standard InChI is InChI=1S/C10H19N3O/c1-3-10(14,8-11)5-4-9-12-6-7-13(9)2/h6-7,14H,3-5,8,11H2,1-2H3. The molecule has 1 atom stereocenters. The summed E-state index contributed by atoms with van der Waals surface area (Å²) in [6.07, 6.45) is 5.80. The van der Waals surface area contributed by atoms with Crippen molar-refractivity contribution in [3.8, 4) is 0 Å². The Kier molecular flexibility index (Phi) is 3.66. The molecule has 14 heavy (non-hydrogen) atoms. The van der Waals surface area contributed by atoms with Crippen molar-refractivity contribution in [2.24, 2.45) is 12.8 Å². The van der Waals surface area contributed by atoms with Gasteiger partial charge in [-0.15, -0.1) is 0 Å². The number of aromatic nitrogens is 2. The summed E-state index contributed by atoms with van der Waals surface area (Å²) in [7, 11) is 1.95. The summed E-state index contributed by atoms with van der Waals surface area (Å²) in [6.45, 7) is 2.26. The molecule has 0 aliphatic carbocycles. The van der Waals surface area contributed by atoms with Gasteiger partial charge in [0, 0.05) is 32.4 Å². The summed E-state index contributed by atoms with van der Waals surface area (Å²) in [4.78, 5) is 4.20. The van der Waals surface area contributed by atoms with E-state index in [2.05, 4.69) is 4.98 Å². The SMILES string of the molecule is CCC(O)(CN)CCc1nccn1C. The van der Waals surface area contributed by atoms with E-state index in [0.29, 0.717) is 19.4 Å². The van der Waals surface area contributed by atoms with Crippen LogP contribution in [0.2, 0.25) is 0 Å². The molecule has 1 aromatic rings. The Hall–Kier alpha value is -0.870. The van der Waals surface area contributed by atoms with Gasteiger partial charge in [0.2, 0.25) is 0 Å². The number of hydrogen-bond acceptors (Lipinski definition) is 3. The first kappa shape index (κ1) is 11.2. The van der Waals surface area contributed by atoms with Crippen molar-refractivity contribution in [1.82, 2.24) is 9.55 Å². The molecule has 1 heterocycles. The summed E-state index contributed by atoms with van der Waals surface area (Å²) < 4.78 is 1.96. The zero-order valence-corrected chi connectivity index (χ0v) is 8.90. The molecule has 0 aliphatic rings. The summed E-state index contributed by atoms with van der Waals surface area (Å²) >= 11 is 0. The van der Waals surface area contributed by atoms with Gasteiger partial charge >= 0.3 is 0 Å². The van der Waals surface area contributed by atoms with Crippen LogP contribution in [0.1, 0.15) is 25.6 Å². The number of imidazole rings is 1. The Bertz CT molecular complexity index is 279. The van der Waals surface area contributed by atoms with Crippen LogP contribution in [0.5, 0.6) is 0 Å². The highest BCUT2D eigenvalue weighted by atomic mass is 16.3. The summed E-state index contributed by atoms with van der Waals surface area (Å²) in [5, 5.41) is 9.96. The van der Waals surface area contributed by atoms with E-state index in [1.165, 1.54) is 0 Å². The summed E-state index contributed by atoms with van der Waals surface area (Å²) in [6, 6.07) is 0. The first-order valence-corrected chi connectivity index (χ1v) is 5.00. The molecule has 0 saturated carbocycles. The molecule has 0 radical (unpaired) electrons. The summed E-state index contributed by atoms with van der Waals surface area (Å²) in [5.41, 5.74) is 4.79. The molecule has 0 bridgehead atoms. The molecule has 0 aliphatic heterocycles. The fourth-order valence-electron chi connectivity index (χ4n) is 1.41. The normalized spacial score (nSPS) is 15.4. The molecule has 1 aromatic heterocycles. The molecule has 1 rings (SSSR count). The Morgan fingerprint density at radius 2 is 2.36 bits per heavy atom. The Morgan fingerprint density at radius 1 is 1.64 bits per heavy atom. The van der Waals surface area contributed by atoms with Crippen LogP contribution in [-0.4, -0.2) is 26.8 Å². The lowest BCUT2D eigenvalue weighted by Crippen LogP contribution is -2.37. The van der Waals surface area contributed by atoms with Crippen LogP contribution in [0, 0.1) is 0 Å². The first-order valence-electron chi connectivity index (χ1n) is 5.00. The third-order valence-electron chi connectivity index (χ3n) is 2.77. The van der Waals surface area contributed by atoms with E-state index in [1.54, 1.807) is 6.20 Å². The van der Waals surface area contributed by atoms with Gasteiger partial charge in [0.1, 0.15) is 5.82 Å². The molecule has 0 aromatic carbocycles. The minimum Gasteiger partial charge on any atom is -0.389 e. The lowest BCUT2D eigenvalue weighted by atomic mass is 9.95. The average Bonchev–Trinajstić information content (AvgIpc) is 2.61. The van der Waals surface area contributed by atoms with Gasteiger partial charge in [-0.05, 0) is 12.8 Å². The van der Waals surface area contributed by atoms with Crippen LogP contribution in [0.15, 0.2) is 12.4 Å². The number of rotatable bonds is 5. The molecule has 4 nitrogen and oxygen atoms in total. The van der Waals surface area contributed by atoms with Crippen LogP contribution in [0.3, 0.4) is 0 Å². The van der Waals surface area contributed by atoms with Crippen molar-refractivity contribution in [2.45, 2.75) is 31.8 Å². The van der Waals surface area contributed by atoms with Crippen molar-refractivity contribution in [2.75, 3.05) is 6.54 Å². The van der Waals surface area contributed by atoms with E-state index < -0.39 is 5.60 Å². The third-order valence-corrected chi connectivity index (χ3v) is 2.77. The smallest absolute Gasteiger partial charge is 0.108 e. The van der Waals surface area contributed by atoms with E-state index >= 15 is 0 Å². The molecule has 1 unspecified atom stereocenters. The largest absolute Gasteiger partial charge is 0.389 e. The highest BCUT2D eigenvalue weighted by Gasteiger charge is 2.22. The second kappa shape index (κ2) is 4.57. The maximum Gasteiger partial charge on any atom is 0.108 e. The van der Waals surface area contributed by atoms with E-state index in [-0.39, 0.29) is 0 Å². The van der Waals surface area contributed by atoms with E-state index in [1.807, 2.05) is 24.7 Å². The maximum atomic E-state index is 9.96. The predicted octanol–water partition coefficient (Wildman–Crippen LogP) is 0.452. The maximum absolute atomic E-state index is 9.96. The van der Waals surface area contributed by atoms with Crippen LogP contribution < -0.4 is 5.73 Å². The summed E-state index contributed by atoms with van der Waals surface area (Å²) in [5.74, 6) is 0.991. The zero-order chi connectivity index (χ0) is 10.6. The number of nitrogens with zero attached hydrogens (tertiary/aromatic N) is 2. The monoisotopic (exact) mass is 197 g/mol. The zero-order valence-electron chi connectivity index (χ0n) is 8.90. The number of aryl methyl sites for hydroxylation is 2. The molecule has 0 spiro atoms. The molecule has 4 heteroatoms. The first-order chi connectivity index (χ1) is 6.61. The van der Waals surface area contributed by atoms with Crippen molar-refractivity contribution in [3.05, 3.63) is 18.2 Å². The minimum atomic E-state index is -0.730. The minimum absolute atomic E-state index is 0.313. The molecule has 0 fully saturated rings. The van der Waals surface area contributed by atoms with Gasteiger partial charge in [-0.2, -0.15) is 0 Å². The molecule has 0 saturated heterocycles. The quantitative estimate of drug-likeness (QED) is 0.720. The lowest BCUT2D eigenvalue weighted by molar-refractivity contribution is 0.0361. The topological polar surface area (TPSA) is 64.1 Å². The van der Waals surface area contributed by atoms with E-state index in [4.69, 9.17) is 5.73 Å². The van der Waals surface area contributed by atoms with Gasteiger partial charge in [0.25, 0.3) is 0 Å². The fourth-order valence-corrected chi connectivity index (χ4v) is 1.41. The van der Waals surface area contributed by atoms with Gasteiger partial charge in [-0.25, -0.2) is 4.98 Å². The van der Waals surface area contributed by atoms with Crippen LogP contribution in [-0.2, 0) is 13.5 Å². The van der Waals surface area contributed by atoms with Crippen LogP contribution >= 0.6 is 0 Å². The van der Waals surface area contributed by atoms with Crippen molar-refractivity contribution in [3.63, 3.8) is 0 Å². The molecule has 80 valence electrons. The number of aliphatic hydroxyl groups is 1. The molecule has 0 amide bonds. The van der Waals surface area contributed by atoms with Crippen LogP contribution in [0.4, 0.5) is 0 Å². The van der Waals surface area contributed by atoms with Gasteiger partial charge in [0.15, 0.2) is 0 Å². The molecule has 3 N–H and O–H groups in total. The third kappa shape index (κ3) is 2.56. The Balaban J connectivity index is 2.52. The average molecular weight is 197 g/mol. The highest BCUT2D eigenvalue weighted by molar-refractivity contribution is 4.93. The van der Waals surface area contributed by atoms with Gasteiger partial charge < -0.3 is 15.4 Å². The van der Waals surface area contributed by atoms with Gasteiger partial charge in [-0.1, -0.05) is 6.92 Å². The van der Waals surface area contributed by atoms with Crippen molar-refractivity contribution < 1.29 is 5.11 Å². The van der Waals surface area contributed by atoms with E-state index in [9.17, 15) is 5.11 Å². The molecular weight excluding hydrogens is 178 g/mol. The fraction of sp³-hybridized carbons (Fsp3) is 0.700. The Morgan fingerprint density at radius 3 is 2.79 bits per heavy atom. The van der Waals surface area contributed by atoms with Crippen LogP contribution in [0.25, 0.3) is 0 Å². The Labute approximate surface area is 84.8 Å². The number of hydrogen-bond donors (Lipinski definition) is 2. The van der Waals surface area contributed by atoms with Crippen molar-refractivity contribution in [1.29, 1.82) is 0 Å². The van der Waals surface area contributed by atoms with Crippen molar-refractivity contribution >= 4 is 0 Å². The van der Waals surface area contributed by atoms with Gasteiger partial charge in [0.05, 0.1) is 5.60 Å². The number of nitrogens with two attached hydrogens (primary N) is 1.